The molecule has 1 amide bonds. The van der Waals surface area contributed by atoms with E-state index >= 15 is 0 Å². The lowest BCUT2D eigenvalue weighted by atomic mass is 10.1. The number of amides is 1. The second kappa shape index (κ2) is 6.84. The normalized spacial score (nSPS) is 10.7. The summed E-state index contributed by atoms with van der Waals surface area (Å²) in [6, 6.07) is 18.2. The van der Waals surface area contributed by atoms with Crippen molar-refractivity contribution in [2.45, 2.75) is 0 Å². The number of primary amides is 1. The number of pyridine rings is 1. The highest BCUT2D eigenvalue weighted by molar-refractivity contribution is 5.90. The van der Waals surface area contributed by atoms with E-state index in [0.29, 0.717) is 17.2 Å². The van der Waals surface area contributed by atoms with Crippen LogP contribution in [0, 0.1) is 0 Å². The van der Waals surface area contributed by atoms with Gasteiger partial charge >= 0.3 is 0 Å². The van der Waals surface area contributed by atoms with Gasteiger partial charge in [-0.3, -0.25) is 4.79 Å². The summed E-state index contributed by atoms with van der Waals surface area (Å²) in [6.07, 6.45) is 1.59. The number of aromatic nitrogens is 1. The molecule has 27 heavy (non-hydrogen) atoms. The van der Waals surface area contributed by atoms with Gasteiger partial charge in [-0.25, -0.2) is 4.98 Å². The number of ether oxygens (including phenoxy) is 1. The number of rotatable bonds is 5. The summed E-state index contributed by atoms with van der Waals surface area (Å²) in [4.78, 5) is 16.0. The fraction of sp³-hybridized carbons (Fsp3) is 0.0476. The van der Waals surface area contributed by atoms with Crippen molar-refractivity contribution in [3.63, 3.8) is 0 Å². The van der Waals surface area contributed by atoms with Crippen LogP contribution >= 0.6 is 0 Å². The monoisotopic (exact) mass is 360 g/mol. The molecule has 3 heterocycles. The third-order valence-electron chi connectivity index (χ3n) is 4.12. The fourth-order valence-electron chi connectivity index (χ4n) is 2.76. The minimum absolute atomic E-state index is 0.104. The van der Waals surface area contributed by atoms with Crippen molar-refractivity contribution in [2.75, 3.05) is 7.11 Å². The Morgan fingerprint density at radius 3 is 2.37 bits per heavy atom. The van der Waals surface area contributed by atoms with Crippen LogP contribution in [-0.2, 0) is 0 Å². The van der Waals surface area contributed by atoms with E-state index in [-0.39, 0.29) is 5.76 Å². The van der Waals surface area contributed by atoms with Crippen LogP contribution in [0.25, 0.3) is 34.0 Å². The Labute approximate surface area is 155 Å². The molecule has 4 aromatic rings. The molecule has 0 aliphatic carbocycles. The van der Waals surface area contributed by atoms with Gasteiger partial charge in [0, 0.05) is 11.1 Å². The van der Waals surface area contributed by atoms with Gasteiger partial charge in [0.2, 0.25) is 0 Å². The molecule has 0 spiro atoms. The summed E-state index contributed by atoms with van der Waals surface area (Å²) in [5.41, 5.74) is 8.34. The third-order valence-corrected chi connectivity index (χ3v) is 4.12. The van der Waals surface area contributed by atoms with Crippen LogP contribution in [0.3, 0.4) is 0 Å². The zero-order chi connectivity index (χ0) is 18.8. The van der Waals surface area contributed by atoms with Crippen LogP contribution in [0.5, 0.6) is 5.75 Å². The minimum Gasteiger partial charge on any atom is -0.497 e. The fourth-order valence-corrected chi connectivity index (χ4v) is 2.76. The van der Waals surface area contributed by atoms with E-state index in [1.165, 1.54) is 0 Å². The lowest BCUT2D eigenvalue weighted by Gasteiger charge is -2.08. The van der Waals surface area contributed by atoms with Crippen LogP contribution in [-0.4, -0.2) is 18.0 Å². The standard InChI is InChI=1S/C21H16N2O4/c1-25-15-6-4-13(5-7-15)16-11-14(18-8-9-20(27-18)21(22)24)12-17(23-16)19-3-2-10-26-19/h2-12H,1H3,(H2,22,24). The average molecular weight is 360 g/mol. The molecular weight excluding hydrogens is 344 g/mol. The first-order valence-corrected chi connectivity index (χ1v) is 8.24. The van der Waals surface area contributed by atoms with Crippen LogP contribution in [0.4, 0.5) is 0 Å². The predicted octanol–water partition coefficient (Wildman–Crippen LogP) is 4.38. The molecule has 6 nitrogen and oxygen atoms in total. The quantitative estimate of drug-likeness (QED) is 0.570. The Morgan fingerprint density at radius 1 is 0.963 bits per heavy atom. The van der Waals surface area contributed by atoms with Crippen molar-refractivity contribution in [1.29, 1.82) is 0 Å². The first kappa shape index (κ1) is 16.7. The van der Waals surface area contributed by atoms with Crippen LogP contribution in [0.1, 0.15) is 10.6 Å². The molecule has 0 bridgehead atoms. The molecule has 3 aromatic heterocycles. The zero-order valence-corrected chi connectivity index (χ0v) is 14.5. The van der Waals surface area contributed by atoms with Gasteiger partial charge in [-0.15, -0.1) is 0 Å². The van der Waals surface area contributed by atoms with E-state index in [1.807, 2.05) is 42.5 Å². The highest BCUT2D eigenvalue weighted by Crippen LogP contribution is 2.31. The third kappa shape index (κ3) is 3.32. The van der Waals surface area contributed by atoms with E-state index in [0.717, 1.165) is 22.6 Å². The number of nitrogens with two attached hydrogens (primary N) is 1. The lowest BCUT2D eigenvalue weighted by Crippen LogP contribution is -2.09. The molecule has 4 rings (SSSR count). The van der Waals surface area contributed by atoms with E-state index in [4.69, 9.17) is 24.3 Å². The molecule has 134 valence electrons. The molecule has 0 unspecified atom stereocenters. The van der Waals surface area contributed by atoms with E-state index in [1.54, 1.807) is 31.6 Å². The number of carbonyl (C=O) groups is 1. The summed E-state index contributed by atoms with van der Waals surface area (Å²) in [5.74, 6) is 1.41. The maximum Gasteiger partial charge on any atom is 0.284 e. The van der Waals surface area contributed by atoms with Gasteiger partial charge in [-0.1, -0.05) is 0 Å². The number of methoxy groups -OCH3 is 1. The SMILES string of the molecule is COc1ccc(-c2cc(-c3ccc(C(N)=O)o3)cc(-c3ccco3)n2)cc1. The Hall–Kier alpha value is -3.80. The summed E-state index contributed by atoms with van der Waals surface area (Å²) in [7, 11) is 1.62. The Kier molecular flexibility index (Phi) is 4.22. The first-order valence-electron chi connectivity index (χ1n) is 8.24. The van der Waals surface area contributed by atoms with Crippen molar-refractivity contribution in [3.05, 3.63) is 72.7 Å². The van der Waals surface area contributed by atoms with Crippen LogP contribution in [0.15, 0.2) is 75.8 Å². The van der Waals surface area contributed by atoms with Gasteiger partial charge in [0.05, 0.1) is 19.1 Å². The minimum atomic E-state index is -0.614. The maximum absolute atomic E-state index is 11.3. The predicted molar refractivity (Wildman–Crippen MR) is 100 cm³/mol. The lowest BCUT2D eigenvalue weighted by molar-refractivity contribution is 0.0974. The summed E-state index contributed by atoms with van der Waals surface area (Å²) < 4.78 is 16.3. The van der Waals surface area contributed by atoms with Gasteiger partial charge in [-0.05, 0) is 60.7 Å². The van der Waals surface area contributed by atoms with Crippen LogP contribution < -0.4 is 10.5 Å². The molecule has 0 aliphatic heterocycles. The Balaban J connectivity index is 1.84. The van der Waals surface area contributed by atoms with Crippen molar-refractivity contribution in [2.24, 2.45) is 5.73 Å². The van der Waals surface area contributed by atoms with Gasteiger partial charge < -0.3 is 19.3 Å². The summed E-state index contributed by atoms with van der Waals surface area (Å²) in [6.45, 7) is 0. The number of hydrogen-bond donors (Lipinski definition) is 1. The van der Waals surface area contributed by atoms with Crippen molar-refractivity contribution >= 4 is 5.91 Å². The number of hydrogen-bond acceptors (Lipinski definition) is 5. The zero-order valence-electron chi connectivity index (χ0n) is 14.5. The van der Waals surface area contributed by atoms with Gasteiger partial charge in [0.25, 0.3) is 5.91 Å². The highest BCUT2D eigenvalue weighted by atomic mass is 16.5. The van der Waals surface area contributed by atoms with Crippen molar-refractivity contribution in [3.8, 4) is 39.8 Å². The molecule has 0 saturated carbocycles. The summed E-state index contributed by atoms with van der Waals surface area (Å²) in [5, 5.41) is 0. The van der Waals surface area contributed by atoms with Gasteiger partial charge in [0.15, 0.2) is 11.5 Å². The molecule has 0 fully saturated rings. The maximum atomic E-state index is 11.3. The largest absolute Gasteiger partial charge is 0.497 e. The molecule has 2 N–H and O–H groups in total. The van der Waals surface area contributed by atoms with Crippen molar-refractivity contribution in [1.82, 2.24) is 4.98 Å². The van der Waals surface area contributed by atoms with Crippen molar-refractivity contribution < 1.29 is 18.4 Å². The molecule has 0 radical (unpaired) electrons. The van der Waals surface area contributed by atoms with Gasteiger partial charge in [-0.2, -0.15) is 0 Å². The van der Waals surface area contributed by atoms with E-state index in [2.05, 4.69) is 0 Å². The molecule has 0 atom stereocenters. The number of benzene rings is 1. The Morgan fingerprint density at radius 2 is 1.74 bits per heavy atom. The molecule has 6 heteroatoms. The Bertz CT molecular complexity index is 1080. The number of furan rings is 2. The van der Waals surface area contributed by atoms with E-state index in [9.17, 15) is 4.79 Å². The molecule has 0 aliphatic rings. The average Bonchev–Trinajstić information content (AvgIpc) is 3.40. The molecule has 0 saturated heterocycles. The molecular formula is C21H16N2O4. The second-order valence-corrected chi connectivity index (χ2v) is 5.86. The summed E-state index contributed by atoms with van der Waals surface area (Å²) >= 11 is 0. The smallest absolute Gasteiger partial charge is 0.284 e. The van der Waals surface area contributed by atoms with Gasteiger partial charge in [0.1, 0.15) is 17.2 Å². The molecule has 1 aromatic carbocycles. The number of carbonyl (C=O) groups excluding carboxylic acids is 1. The number of nitrogens with zero attached hydrogens (tertiary/aromatic N) is 1. The van der Waals surface area contributed by atoms with E-state index < -0.39 is 5.91 Å². The van der Waals surface area contributed by atoms with Crippen LogP contribution in [0.2, 0.25) is 0 Å². The first-order chi connectivity index (χ1) is 13.1. The highest BCUT2D eigenvalue weighted by Gasteiger charge is 2.14. The topological polar surface area (TPSA) is 91.5 Å². The second-order valence-electron chi connectivity index (χ2n) is 5.86.